The van der Waals surface area contributed by atoms with Crippen LogP contribution in [0.4, 0.5) is 11.4 Å². The first-order chi connectivity index (χ1) is 13.5. The number of anilines is 1. The van der Waals surface area contributed by atoms with Gasteiger partial charge in [0, 0.05) is 42.8 Å². The molecule has 2 heterocycles. The summed E-state index contributed by atoms with van der Waals surface area (Å²) < 4.78 is 2.18. The summed E-state index contributed by atoms with van der Waals surface area (Å²) in [7, 11) is 0. The lowest BCUT2D eigenvalue weighted by Gasteiger charge is -2.39. The summed E-state index contributed by atoms with van der Waals surface area (Å²) >= 11 is 5.73. The van der Waals surface area contributed by atoms with Gasteiger partial charge in [-0.3, -0.25) is 10.1 Å². The highest BCUT2D eigenvalue weighted by atomic mass is 32.1. The molecule has 0 amide bonds. The smallest absolute Gasteiger partial charge is 0.269 e. The molecule has 28 heavy (non-hydrogen) atoms. The van der Waals surface area contributed by atoms with E-state index >= 15 is 0 Å². The van der Waals surface area contributed by atoms with Gasteiger partial charge in [-0.15, -0.1) is 0 Å². The van der Waals surface area contributed by atoms with Gasteiger partial charge in [0.15, 0.2) is 5.11 Å². The van der Waals surface area contributed by atoms with Crippen LogP contribution < -0.4 is 5.32 Å². The number of aryl methyl sites for hydroxylation is 1. The Labute approximate surface area is 168 Å². The molecule has 0 fully saturated rings. The molecule has 6 nitrogen and oxygen atoms in total. The monoisotopic (exact) mass is 392 g/mol. The number of thiocarbonyl (C=S) groups is 1. The van der Waals surface area contributed by atoms with Gasteiger partial charge in [-0.25, -0.2) is 0 Å². The molecule has 0 unspecified atom stereocenters. The normalized spacial score (nSPS) is 15.8. The van der Waals surface area contributed by atoms with Gasteiger partial charge < -0.3 is 14.8 Å². The van der Waals surface area contributed by atoms with Crippen LogP contribution in [-0.2, 0) is 6.54 Å². The third kappa shape index (κ3) is 3.48. The van der Waals surface area contributed by atoms with Gasteiger partial charge in [0.25, 0.3) is 5.69 Å². The first kappa shape index (κ1) is 18.2. The highest BCUT2D eigenvalue weighted by molar-refractivity contribution is 7.80. The van der Waals surface area contributed by atoms with Crippen LogP contribution in [-0.4, -0.2) is 26.0 Å². The van der Waals surface area contributed by atoms with Crippen molar-refractivity contribution in [1.82, 2.24) is 9.47 Å². The number of aromatic nitrogens is 1. The summed E-state index contributed by atoms with van der Waals surface area (Å²) in [4.78, 5) is 13.0. The molecule has 4 rings (SSSR count). The molecular formula is C21H20N4O2S. The van der Waals surface area contributed by atoms with Gasteiger partial charge in [-0.2, -0.15) is 0 Å². The summed E-state index contributed by atoms with van der Waals surface area (Å²) in [5, 5.41) is 15.2. The fourth-order valence-electron chi connectivity index (χ4n) is 3.59. The highest BCUT2D eigenvalue weighted by Crippen LogP contribution is 2.34. The van der Waals surface area contributed by atoms with Crippen molar-refractivity contribution in [2.45, 2.75) is 19.5 Å². The minimum Gasteiger partial charge on any atom is -0.348 e. The summed E-state index contributed by atoms with van der Waals surface area (Å²) in [5.74, 6) is 0. The number of non-ortho nitro benzene ring substituents is 1. The number of hydrogen-bond acceptors (Lipinski definition) is 3. The molecule has 0 bridgehead atoms. The van der Waals surface area contributed by atoms with Gasteiger partial charge in [-0.1, -0.05) is 29.8 Å². The van der Waals surface area contributed by atoms with E-state index in [2.05, 4.69) is 14.8 Å². The molecule has 0 saturated heterocycles. The number of nitrogens with zero attached hydrogens (tertiary/aromatic N) is 3. The van der Waals surface area contributed by atoms with Crippen LogP contribution in [0.3, 0.4) is 0 Å². The molecule has 1 aliphatic heterocycles. The van der Waals surface area contributed by atoms with E-state index in [0.29, 0.717) is 11.7 Å². The van der Waals surface area contributed by atoms with Crippen LogP contribution in [0, 0.1) is 17.0 Å². The molecule has 2 aromatic carbocycles. The molecule has 7 heteroatoms. The SMILES string of the molecule is Cc1ccc(NC(=S)N2CCn3cccc3[C@@H]2c2cccc([N+](=O)[O-])c2)cc1. The minimum atomic E-state index is -0.363. The minimum absolute atomic E-state index is 0.0820. The Morgan fingerprint density at radius 1 is 1.14 bits per heavy atom. The third-order valence-electron chi connectivity index (χ3n) is 5.00. The Hall–Kier alpha value is -3.19. The molecule has 142 valence electrons. The predicted molar refractivity (Wildman–Crippen MR) is 113 cm³/mol. The second-order valence-corrected chi connectivity index (χ2v) is 7.26. The maximum Gasteiger partial charge on any atom is 0.269 e. The maximum atomic E-state index is 11.3. The third-order valence-corrected chi connectivity index (χ3v) is 5.34. The van der Waals surface area contributed by atoms with E-state index in [-0.39, 0.29) is 16.7 Å². The fourth-order valence-corrected chi connectivity index (χ4v) is 3.91. The molecule has 1 N–H and O–H groups in total. The zero-order chi connectivity index (χ0) is 19.7. The zero-order valence-electron chi connectivity index (χ0n) is 15.4. The Kier molecular flexibility index (Phi) is 4.83. The van der Waals surface area contributed by atoms with Crippen LogP contribution in [0.5, 0.6) is 0 Å². The van der Waals surface area contributed by atoms with Crippen LogP contribution in [0.2, 0.25) is 0 Å². The number of hydrogen-bond donors (Lipinski definition) is 1. The van der Waals surface area contributed by atoms with Gasteiger partial charge in [0.2, 0.25) is 0 Å². The highest BCUT2D eigenvalue weighted by Gasteiger charge is 2.31. The van der Waals surface area contributed by atoms with E-state index in [1.807, 2.05) is 55.6 Å². The Morgan fingerprint density at radius 3 is 2.68 bits per heavy atom. The van der Waals surface area contributed by atoms with Crippen LogP contribution in [0.25, 0.3) is 0 Å². The van der Waals surface area contributed by atoms with Gasteiger partial charge in [0.1, 0.15) is 0 Å². The quantitative estimate of drug-likeness (QED) is 0.404. The van der Waals surface area contributed by atoms with Gasteiger partial charge >= 0.3 is 0 Å². The average molecular weight is 392 g/mol. The molecule has 0 saturated carbocycles. The lowest BCUT2D eigenvalue weighted by molar-refractivity contribution is -0.384. The number of nitro groups is 1. The molecule has 0 spiro atoms. The Morgan fingerprint density at radius 2 is 1.93 bits per heavy atom. The molecule has 0 aliphatic carbocycles. The summed E-state index contributed by atoms with van der Waals surface area (Å²) in [5.41, 5.74) is 4.11. The number of benzene rings is 2. The second kappa shape index (κ2) is 7.44. The van der Waals surface area contributed by atoms with Crippen molar-refractivity contribution in [3.05, 3.63) is 93.8 Å². The van der Waals surface area contributed by atoms with Crippen molar-refractivity contribution in [2.24, 2.45) is 0 Å². The van der Waals surface area contributed by atoms with E-state index < -0.39 is 0 Å². The zero-order valence-corrected chi connectivity index (χ0v) is 16.2. The van der Waals surface area contributed by atoms with Crippen molar-refractivity contribution in [1.29, 1.82) is 0 Å². The lowest BCUT2D eigenvalue weighted by Crippen LogP contribution is -2.44. The summed E-state index contributed by atoms with van der Waals surface area (Å²) in [6, 6.07) is 18.7. The first-order valence-electron chi connectivity index (χ1n) is 9.06. The predicted octanol–water partition coefficient (Wildman–Crippen LogP) is 4.51. The van der Waals surface area contributed by atoms with E-state index in [0.717, 1.165) is 23.5 Å². The molecule has 0 radical (unpaired) electrons. The summed E-state index contributed by atoms with van der Waals surface area (Å²) in [6.07, 6.45) is 2.04. The largest absolute Gasteiger partial charge is 0.348 e. The van der Waals surface area contributed by atoms with Crippen molar-refractivity contribution < 1.29 is 4.92 Å². The number of nitrogens with one attached hydrogen (secondary N) is 1. The summed E-state index contributed by atoms with van der Waals surface area (Å²) in [6.45, 7) is 3.56. The van der Waals surface area contributed by atoms with Crippen molar-refractivity contribution in [3.63, 3.8) is 0 Å². The van der Waals surface area contributed by atoms with E-state index in [4.69, 9.17) is 12.2 Å². The number of rotatable bonds is 3. The van der Waals surface area contributed by atoms with Crippen LogP contribution in [0.15, 0.2) is 66.9 Å². The topological polar surface area (TPSA) is 63.3 Å². The average Bonchev–Trinajstić information content (AvgIpc) is 3.17. The van der Waals surface area contributed by atoms with E-state index in [1.54, 1.807) is 12.1 Å². The first-order valence-corrected chi connectivity index (χ1v) is 9.47. The second-order valence-electron chi connectivity index (χ2n) is 6.87. The van der Waals surface area contributed by atoms with Gasteiger partial charge in [-0.05, 0) is 49.0 Å². The molecular weight excluding hydrogens is 372 g/mol. The van der Waals surface area contributed by atoms with Crippen molar-refractivity contribution >= 4 is 28.7 Å². The van der Waals surface area contributed by atoms with Crippen molar-refractivity contribution in [3.8, 4) is 0 Å². The van der Waals surface area contributed by atoms with Crippen LogP contribution >= 0.6 is 12.2 Å². The fraction of sp³-hybridized carbons (Fsp3) is 0.190. The number of nitro benzene ring substituents is 1. The molecule has 1 aromatic heterocycles. The molecule has 3 aromatic rings. The standard InChI is InChI=1S/C21H20N4O2S/c1-15-7-9-17(10-8-15)22-21(28)24-13-12-23-11-3-6-19(23)20(24)16-4-2-5-18(14-16)25(26)27/h2-11,14,20H,12-13H2,1H3,(H,22,28)/t20-/m0/s1. The van der Waals surface area contributed by atoms with E-state index in [1.165, 1.54) is 11.6 Å². The van der Waals surface area contributed by atoms with E-state index in [9.17, 15) is 10.1 Å². The van der Waals surface area contributed by atoms with Crippen LogP contribution in [0.1, 0.15) is 22.9 Å². The lowest BCUT2D eigenvalue weighted by atomic mass is 10.00. The number of fused-ring (bicyclic) bond motifs is 1. The Bertz CT molecular complexity index is 1030. The van der Waals surface area contributed by atoms with Gasteiger partial charge in [0.05, 0.1) is 11.0 Å². The molecule has 1 atom stereocenters. The maximum absolute atomic E-state index is 11.3. The molecule has 1 aliphatic rings. The van der Waals surface area contributed by atoms with Crippen molar-refractivity contribution in [2.75, 3.05) is 11.9 Å². The Balaban J connectivity index is 1.69.